The number of ketones is 1. The van der Waals surface area contributed by atoms with Gasteiger partial charge in [-0.2, -0.15) is 12.6 Å². The van der Waals surface area contributed by atoms with Crippen molar-refractivity contribution in [3.63, 3.8) is 0 Å². The number of rotatable bonds is 4. The molecule has 4 nitrogen and oxygen atoms in total. The number of Topliss-reactive ketones (excluding diaryl/α,β-unsaturated/α-hetero) is 1. The number of hydrogen-bond donors (Lipinski definition) is 3. The molecule has 1 atom stereocenters. The second-order valence-corrected chi connectivity index (χ2v) is 2.57. The van der Waals surface area contributed by atoms with Gasteiger partial charge in [-0.05, 0) is 6.92 Å². The van der Waals surface area contributed by atoms with E-state index in [4.69, 9.17) is 5.73 Å². The summed E-state index contributed by atoms with van der Waals surface area (Å²) in [5.74, 6) is -0.149. The predicted molar refractivity (Wildman–Crippen MR) is 45.5 cm³/mol. The number of nitrogens with two attached hydrogens (primary N) is 1. The zero-order valence-electron chi connectivity index (χ0n) is 6.33. The molecule has 0 aromatic rings. The van der Waals surface area contributed by atoms with Crippen molar-refractivity contribution in [2.24, 2.45) is 5.73 Å². The zero-order valence-corrected chi connectivity index (χ0v) is 7.23. The van der Waals surface area contributed by atoms with Crippen LogP contribution in [-0.4, -0.2) is 30.0 Å². The van der Waals surface area contributed by atoms with E-state index >= 15 is 0 Å². The highest BCUT2D eigenvalue weighted by Gasteiger charge is 2.10. The van der Waals surface area contributed by atoms with Crippen LogP contribution in [0.2, 0.25) is 0 Å². The summed E-state index contributed by atoms with van der Waals surface area (Å²) in [6, 6.07) is -0.627. The van der Waals surface area contributed by atoms with E-state index in [1.54, 1.807) is 0 Å². The topological polar surface area (TPSA) is 72.2 Å². The number of carbonyl (C=O) groups is 2. The molecule has 0 aliphatic rings. The van der Waals surface area contributed by atoms with Crippen LogP contribution in [-0.2, 0) is 9.59 Å². The first-order valence-electron chi connectivity index (χ1n) is 3.21. The number of amides is 1. The fraction of sp³-hybridized carbons (Fsp3) is 0.667. The molecule has 0 aromatic carbocycles. The summed E-state index contributed by atoms with van der Waals surface area (Å²) in [6.45, 7) is 1.44. The van der Waals surface area contributed by atoms with Crippen LogP contribution in [0.25, 0.3) is 0 Å². The van der Waals surface area contributed by atoms with Crippen LogP contribution < -0.4 is 11.1 Å². The minimum absolute atomic E-state index is 0.0420. The SMILES string of the molecule is CC(=O)CNC(=O)[C@@H](N)CS. The van der Waals surface area contributed by atoms with Gasteiger partial charge in [0.15, 0.2) is 0 Å². The second-order valence-electron chi connectivity index (χ2n) is 2.21. The van der Waals surface area contributed by atoms with E-state index in [-0.39, 0.29) is 24.0 Å². The Morgan fingerprint density at radius 3 is 2.55 bits per heavy atom. The van der Waals surface area contributed by atoms with E-state index in [9.17, 15) is 9.59 Å². The van der Waals surface area contributed by atoms with Crippen LogP contribution in [0.5, 0.6) is 0 Å². The predicted octanol–water partition coefficient (Wildman–Crippen LogP) is -1.05. The first-order chi connectivity index (χ1) is 5.07. The van der Waals surface area contributed by atoms with E-state index in [1.165, 1.54) is 6.92 Å². The molecule has 0 aliphatic carbocycles. The first kappa shape index (κ1) is 10.4. The molecule has 11 heavy (non-hydrogen) atoms. The van der Waals surface area contributed by atoms with Crippen LogP contribution in [0.3, 0.4) is 0 Å². The van der Waals surface area contributed by atoms with Crippen molar-refractivity contribution in [1.82, 2.24) is 5.32 Å². The Morgan fingerprint density at radius 1 is 1.64 bits per heavy atom. The van der Waals surface area contributed by atoms with Crippen LogP contribution in [0.1, 0.15) is 6.92 Å². The van der Waals surface area contributed by atoms with Gasteiger partial charge >= 0.3 is 0 Å². The largest absolute Gasteiger partial charge is 0.348 e. The molecule has 0 saturated carbocycles. The van der Waals surface area contributed by atoms with Gasteiger partial charge in [0.1, 0.15) is 5.78 Å². The fourth-order valence-electron chi connectivity index (χ4n) is 0.426. The summed E-state index contributed by atoms with van der Waals surface area (Å²) in [5, 5.41) is 2.37. The third kappa shape index (κ3) is 4.80. The summed E-state index contributed by atoms with van der Waals surface area (Å²) >= 11 is 3.83. The van der Waals surface area contributed by atoms with E-state index < -0.39 is 6.04 Å². The van der Waals surface area contributed by atoms with Crippen molar-refractivity contribution >= 4 is 24.3 Å². The Labute approximate surface area is 70.9 Å². The Balaban J connectivity index is 3.60. The first-order valence-corrected chi connectivity index (χ1v) is 3.84. The van der Waals surface area contributed by atoms with Crippen LogP contribution in [0.15, 0.2) is 0 Å². The van der Waals surface area contributed by atoms with E-state index in [0.717, 1.165) is 0 Å². The minimum atomic E-state index is -0.627. The zero-order chi connectivity index (χ0) is 8.85. The lowest BCUT2D eigenvalue weighted by Crippen LogP contribution is -2.43. The maximum atomic E-state index is 10.8. The Bertz CT molecular complexity index is 161. The van der Waals surface area contributed by atoms with E-state index in [2.05, 4.69) is 17.9 Å². The number of nitrogens with one attached hydrogen (secondary N) is 1. The molecule has 5 heteroatoms. The molecular weight excluding hydrogens is 164 g/mol. The van der Waals surface area contributed by atoms with Crippen molar-refractivity contribution in [2.75, 3.05) is 12.3 Å². The maximum absolute atomic E-state index is 10.8. The molecule has 0 aromatic heterocycles. The maximum Gasteiger partial charge on any atom is 0.238 e. The van der Waals surface area contributed by atoms with Crippen LogP contribution >= 0.6 is 12.6 Å². The highest BCUT2D eigenvalue weighted by molar-refractivity contribution is 7.80. The molecule has 0 bridgehead atoms. The lowest BCUT2D eigenvalue weighted by molar-refractivity contribution is -0.124. The van der Waals surface area contributed by atoms with Gasteiger partial charge in [0.2, 0.25) is 5.91 Å². The number of hydrogen-bond acceptors (Lipinski definition) is 4. The number of thiol groups is 1. The monoisotopic (exact) mass is 176 g/mol. The van der Waals surface area contributed by atoms with Gasteiger partial charge in [-0.15, -0.1) is 0 Å². The standard InChI is InChI=1S/C6H12N2O2S/c1-4(9)2-8-6(10)5(7)3-11/h5,11H,2-3,7H2,1H3,(H,8,10)/t5-/m0/s1. The van der Waals surface area contributed by atoms with Crippen molar-refractivity contribution < 1.29 is 9.59 Å². The van der Waals surface area contributed by atoms with Gasteiger partial charge in [0, 0.05) is 5.75 Å². The average Bonchev–Trinajstić information content (AvgIpc) is 1.98. The molecule has 1 amide bonds. The molecule has 0 radical (unpaired) electrons. The van der Waals surface area contributed by atoms with Crippen LogP contribution in [0.4, 0.5) is 0 Å². The Kier molecular flexibility index (Phi) is 4.89. The Morgan fingerprint density at radius 2 is 2.18 bits per heavy atom. The fourth-order valence-corrected chi connectivity index (χ4v) is 0.591. The lowest BCUT2D eigenvalue weighted by Gasteiger charge is -2.07. The smallest absolute Gasteiger partial charge is 0.238 e. The van der Waals surface area contributed by atoms with Crippen LogP contribution in [0, 0.1) is 0 Å². The summed E-state index contributed by atoms with van der Waals surface area (Å²) in [6.07, 6.45) is 0. The third-order valence-electron chi connectivity index (χ3n) is 1.05. The van der Waals surface area contributed by atoms with E-state index in [1.807, 2.05) is 0 Å². The normalized spacial score (nSPS) is 12.3. The van der Waals surface area contributed by atoms with Gasteiger partial charge in [-0.1, -0.05) is 0 Å². The van der Waals surface area contributed by atoms with Crippen molar-refractivity contribution in [1.29, 1.82) is 0 Å². The van der Waals surface area contributed by atoms with Gasteiger partial charge in [-0.25, -0.2) is 0 Å². The van der Waals surface area contributed by atoms with Gasteiger partial charge in [-0.3, -0.25) is 9.59 Å². The molecule has 0 rings (SSSR count). The highest BCUT2D eigenvalue weighted by atomic mass is 32.1. The molecule has 0 saturated heterocycles. The molecule has 0 heterocycles. The highest BCUT2D eigenvalue weighted by Crippen LogP contribution is 1.82. The molecular formula is C6H12N2O2S. The molecule has 3 N–H and O–H groups in total. The molecule has 0 fully saturated rings. The van der Waals surface area contributed by atoms with Crippen molar-refractivity contribution in [3.8, 4) is 0 Å². The third-order valence-corrected chi connectivity index (χ3v) is 1.44. The van der Waals surface area contributed by atoms with Gasteiger partial charge < -0.3 is 11.1 Å². The van der Waals surface area contributed by atoms with Gasteiger partial charge in [0.25, 0.3) is 0 Å². The summed E-state index contributed by atoms with van der Waals surface area (Å²) < 4.78 is 0. The quantitative estimate of drug-likeness (QED) is 0.478. The second kappa shape index (κ2) is 5.15. The number of carbonyl (C=O) groups excluding carboxylic acids is 2. The Hall–Kier alpha value is -0.550. The summed E-state index contributed by atoms with van der Waals surface area (Å²) in [7, 11) is 0. The van der Waals surface area contributed by atoms with Crippen molar-refractivity contribution in [2.45, 2.75) is 13.0 Å². The molecule has 0 spiro atoms. The molecule has 0 aliphatic heterocycles. The summed E-state index contributed by atoms with van der Waals surface area (Å²) in [5.41, 5.74) is 5.30. The van der Waals surface area contributed by atoms with E-state index in [0.29, 0.717) is 0 Å². The van der Waals surface area contributed by atoms with Crippen molar-refractivity contribution in [3.05, 3.63) is 0 Å². The minimum Gasteiger partial charge on any atom is -0.348 e. The average molecular weight is 176 g/mol. The molecule has 64 valence electrons. The molecule has 0 unspecified atom stereocenters. The lowest BCUT2D eigenvalue weighted by atomic mass is 10.3. The van der Waals surface area contributed by atoms with Gasteiger partial charge in [0.05, 0.1) is 12.6 Å². The summed E-state index contributed by atoms with van der Waals surface area (Å²) in [4.78, 5) is 21.2.